The van der Waals surface area contributed by atoms with E-state index in [2.05, 4.69) is 11.9 Å². The second-order valence-electron chi connectivity index (χ2n) is 4.54. The minimum atomic E-state index is -0.0521. The fourth-order valence-corrected chi connectivity index (χ4v) is 1.82. The molecule has 4 nitrogen and oxygen atoms in total. The largest absolute Gasteiger partial charge is 0.488 e. The number of nitrogens with two attached hydrogens (primary N) is 1. The average molecular weight is 249 g/mol. The van der Waals surface area contributed by atoms with E-state index >= 15 is 0 Å². The minimum absolute atomic E-state index is 0.0521. The highest BCUT2D eigenvalue weighted by molar-refractivity contribution is 5.95. The lowest BCUT2D eigenvalue weighted by atomic mass is 10.1. The zero-order chi connectivity index (χ0) is 13.4. The van der Waals surface area contributed by atoms with E-state index in [0.717, 1.165) is 6.42 Å². The quantitative estimate of drug-likeness (QED) is 0.422. The Bertz CT molecular complexity index is 379. The van der Waals surface area contributed by atoms with Gasteiger partial charge in [0.25, 0.3) is 0 Å². The van der Waals surface area contributed by atoms with Crippen molar-refractivity contribution in [2.75, 3.05) is 0 Å². The molecule has 0 aliphatic rings. The molecule has 100 valence electrons. The van der Waals surface area contributed by atoms with Gasteiger partial charge in [-0.05, 0) is 31.9 Å². The van der Waals surface area contributed by atoms with Crippen LogP contribution in [0.3, 0.4) is 0 Å². The lowest BCUT2D eigenvalue weighted by Crippen LogP contribution is -2.18. The molecule has 0 fully saturated rings. The Morgan fingerprint density at radius 3 is 2.89 bits per heavy atom. The topological polar surface area (TPSA) is 72.0 Å². The van der Waals surface area contributed by atoms with Crippen LogP contribution < -0.4 is 10.5 Å². The Hall–Kier alpha value is -1.58. The molecule has 1 atom stereocenters. The van der Waals surface area contributed by atoms with E-state index in [-0.39, 0.29) is 11.9 Å². The van der Waals surface area contributed by atoms with Crippen molar-refractivity contribution >= 4 is 5.84 Å². The van der Waals surface area contributed by atoms with Crippen molar-refractivity contribution in [3.63, 3.8) is 0 Å². The van der Waals surface area contributed by atoms with Gasteiger partial charge in [-0.25, -0.2) is 4.98 Å². The fraction of sp³-hybridized carbons (Fsp3) is 0.571. The van der Waals surface area contributed by atoms with Crippen LogP contribution in [0.1, 0.15) is 51.6 Å². The molecule has 4 heteroatoms. The maximum absolute atomic E-state index is 7.45. The van der Waals surface area contributed by atoms with Gasteiger partial charge >= 0.3 is 0 Å². The zero-order valence-electron chi connectivity index (χ0n) is 11.3. The zero-order valence-corrected chi connectivity index (χ0v) is 11.3. The molecule has 0 aromatic carbocycles. The number of aromatic nitrogens is 1. The summed E-state index contributed by atoms with van der Waals surface area (Å²) in [5.74, 6) is 0.553. The number of nitrogens with zero attached hydrogens (tertiary/aromatic N) is 1. The average Bonchev–Trinajstić information content (AvgIpc) is 2.35. The molecule has 1 aromatic rings. The van der Waals surface area contributed by atoms with Crippen LogP contribution in [-0.2, 0) is 0 Å². The number of amidine groups is 1. The third kappa shape index (κ3) is 4.73. The normalized spacial score (nSPS) is 12.1. The molecule has 0 saturated heterocycles. The van der Waals surface area contributed by atoms with Gasteiger partial charge in [0.2, 0.25) is 0 Å². The summed E-state index contributed by atoms with van der Waals surface area (Å²) in [6.07, 6.45) is 7.71. The number of nitrogen functional groups attached to an aromatic ring is 1. The van der Waals surface area contributed by atoms with Crippen LogP contribution in [0.15, 0.2) is 18.3 Å². The third-order valence-corrected chi connectivity index (χ3v) is 2.82. The molecule has 3 N–H and O–H groups in total. The lowest BCUT2D eigenvalue weighted by Gasteiger charge is -2.16. The number of hydrogen-bond acceptors (Lipinski definition) is 3. The monoisotopic (exact) mass is 249 g/mol. The minimum Gasteiger partial charge on any atom is -0.488 e. The maximum atomic E-state index is 7.45. The third-order valence-electron chi connectivity index (χ3n) is 2.82. The van der Waals surface area contributed by atoms with Crippen LogP contribution >= 0.6 is 0 Å². The summed E-state index contributed by atoms with van der Waals surface area (Å²) in [6.45, 7) is 4.25. The first-order valence-corrected chi connectivity index (χ1v) is 6.61. The van der Waals surface area contributed by atoms with E-state index in [1.165, 1.54) is 25.7 Å². The van der Waals surface area contributed by atoms with Crippen LogP contribution in [0.5, 0.6) is 5.75 Å². The summed E-state index contributed by atoms with van der Waals surface area (Å²) in [6, 6.07) is 3.61. The fourth-order valence-electron chi connectivity index (χ4n) is 1.82. The predicted octanol–water partition coefficient (Wildman–Crippen LogP) is 3.10. The molecule has 0 bridgehead atoms. The van der Waals surface area contributed by atoms with E-state index in [1.807, 2.05) is 13.0 Å². The van der Waals surface area contributed by atoms with Crippen molar-refractivity contribution in [2.24, 2.45) is 5.73 Å². The van der Waals surface area contributed by atoms with Gasteiger partial charge in [-0.2, -0.15) is 0 Å². The van der Waals surface area contributed by atoms with Gasteiger partial charge in [-0.3, -0.25) is 5.41 Å². The van der Waals surface area contributed by atoms with Crippen LogP contribution in [0, 0.1) is 5.41 Å². The highest BCUT2D eigenvalue weighted by Gasteiger charge is 2.10. The molecule has 0 radical (unpaired) electrons. The van der Waals surface area contributed by atoms with E-state index in [9.17, 15) is 0 Å². The van der Waals surface area contributed by atoms with Gasteiger partial charge in [0.05, 0.1) is 6.10 Å². The SMILES string of the molecule is CCCCCCC(C)Oc1cccnc1C(=N)N. The van der Waals surface area contributed by atoms with Crippen molar-refractivity contribution in [2.45, 2.75) is 52.1 Å². The van der Waals surface area contributed by atoms with Crippen LogP contribution in [0.25, 0.3) is 0 Å². The molecule has 1 unspecified atom stereocenters. The van der Waals surface area contributed by atoms with Gasteiger partial charge in [0.1, 0.15) is 17.3 Å². The summed E-state index contributed by atoms with van der Waals surface area (Å²) in [7, 11) is 0. The number of nitrogens with one attached hydrogen (secondary N) is 1. The van der Waals surface area contributed by atoms with Gasteiger partial charge in [-0.1, -0.05) is 26.2 Å². The van der Waals surface area contributed by atoms with E-state index in [4.69, 9.17) is 15.9 Å². The Morgan fingerprint density at radius 1 is 1.44 bits per heavy atom. The molecule has 0 spiro atoms. The van der Waals surface area contributed by atoms with Gasteiger partial charge in [0, 0.05) is 6.20 Å². The maximum Gasteiger partial charge on any atom is 0.149 e. The van der Waals surface area contributed by atoms with E-state index < -0.39 is 0 Å². The second kappa shape index (κ2) is 7.69. The van der Waals surface area contributed by atoms with Crippen molar-refractivity contribution in [1.29, 1.82) is 5.41 Å². The number of pyridine rings is 1. The number of ether oxygens (including phenoxy) is 1. The smallest absolute Gasteiger partial charge is 0.149 e. The van der Waals surface area contributed by atoms with Crippen molar-refractivity contribution in [3.05, 3.63) is 24.0 Å². The molecule has 1 aromatic heterocycles. The Balaban J connectivity index is 2.48. The Morgan fingerprint density at radius 2 is 2.22 bits per heavy atom. The van der Waals surface area contributed by atoms with Crippen LogP contribution in [0.4, 0.5) is 0 Å². The molecule has 0 aliphatic heterocycles. The van der Waals surface area contributed by atoms with Gasteiger partial charge in [0.15, 0.2) is 0 Å². The summed E-state index contributed by atoms with van der Waals surface area (Å²) in [4.78, 5) is 4.07. The molecule has 0 aliphatic carbocycles. The summed E-state index contributed by atoms with van der Waals surface area (Å²) >= 11 is 0. The second-order valence-corrected chi connectivity index (χ2v) is 4.54. The highest BCUT2D eigenvalue weighted by atomic mass is 16.5. The summed E-state index contributed by atoms with van der Waals surface area (Å²) < 4.78 is 5.80. The molecule has 0 amide bonds. The van der Waals surface area contributed by atoms with Gasteiger partial charge in [-0.15, -0.1) is 0 Å². The number of rotatable bonds is 8. The molecular weight excluding hydrogens is 226 g/mol. The Labute approximate surface area is 109 Å². The number of unbranched alkanes of at least 4 members (excludes halogenated alkanes) is 3. The molecule has 1 heterocycles. The predicted molar refractivity (Wildman–Crippen MR) is 74.1 cm³/mol. The lowest BCUT2D eigenvalue weighted by molar-refractivity contribution is 0.205. The molecular formula is C14H23N3O. The highest BCUT2D eigenvalue weighted by Crippen LogP contribution is 2.18. The molecule has 0 saturated carbocycles. The number of hydrogen-bond donors (Lipinski definition) is 2. The van der Waals surface area contributed by atoms with Gasteiger partial charge < -0.3 is 10.5 Å². The first-order chi connectivity index (χ1) is 8.65. The van der Waals surface area contributed by atoms with Crippen molar-refractivity contribution < 1.29 is 4.74 Å². The van der Waals surface area contributed by atoms with Crippen molar-refractivity contribution in [3.8, 4) is 5.75 Å². The molecule has 18 heavy (non-hydrogen) atoms. The van der Waals surface area contributed by atoms with E-state index in [0.29, 0.717) is 11.4 Å². The standard InChI is InChI=1S/C14H23N3O/c1-3-4-5-6-8-11(2)18-12-9-7-10-17-13(12)14(15)16/h7,9-11H,3-6,8H2,1-2H3,(H3,15,16). The van der Waals surface area contributed by atoms with E-state index in [1.54, 1.807) is 12.3 Å². The van der Waals surface area contributed by atoms with Crippen LogP contribution in [0.2, 0.25) is 0 Å². The first-order valence-electron chi connectivity index (χ1n) is 6.61. The van der Waals surface area contributed by atoms with Crippen molar-refractivity contribution in [1.82, 2.24) is 4.98 Å². The molecule has 1 rings (SSSR count). The van der Waals surface area contributed by atoms with Crippen LogP contribution in [-0.4, -0.2) is 16.9 Å². The summed E-state index contributed by atoms with van der Waals surface area (Å²) in [5.41, 5.74) is 5.90. The summed E-state index contributed by atoms with van der Waals surface area (Å²) in [5, 5.41) is 7.45. The first kappa shape index (κ1) is 14.5. The Kier molecular flexibility index (Phi) is 6.19.